The second-order valence-corrected chi connectivity index (χ2v) is 6.21. The van der Waals surface area contributed by atoms with E-state index in [-0.39, 0.29) is 5.91 Å². The molecule has 0 unspecified atom stereocenters. The van der Waals surface area contributed by atoms with E-state index < -0.39 is 5.97 Å². The molecule has 1 aromatic heterocycles. The van der Waals surface area contributed by atoms with Gasteiger partial charge in [-0.2, -0.15) is 0 Å². The van der Waals surface area contributed by atoms with Gasteiger partial charge in [-0.15, -0.1) is 0 Å². The summed E-state index contributed by atoms with van der Waals surface area (Å²) >= 11 is 6.17. The summed E-state index contributed by atoms with van der Waals surface area (Å²) in [5.41, 5.74) is 1.32. The number of nitrogens with one attached hydrogen (secondary N) is 2. The molecule has 1 heterocycles. The van der Waals surface area contributed by atoms with Gasteiger partial charge in [0.15, 0.2) is 0 Å². The van der Waals surface area contributed by atoms with Crippen LogP contribution in [0.1, 0.15) is 20.7 Å². The molecule has 0 aliphatic rings. The van der Waals surface area contributed by atoms with Crippen LogP contribution in [0.25, 0.3) is 0 Å². The van der Waals surface area contributed by atoms with Gasteiger partial charge in [-0.05, 0) is 44.4 Å². The van der Waals surface area contributed by atoms with Gasteiger partial charge in [0.25, 0.3) is 5.91 Å². The lowest BCUT2D eigenvalue weighted by Gasteiger charge is -2.12. The van der Waals surface area contributed by atoms with Gasteiger partial charge in [-0.25, -0.2) is 9.78 Å². The molecule has 0 bridgehead atoms. The molecular formula is C18H21ClN4O3. The van der Waals surface area contributed by atoms with Crippen molar-refractivity contribution >= 4 is 35.0 Å². The summed E-state index contributed by atoms with van der Waals surface area (Å²) in [6, 6.07) is 7.98. The van der Waals surface area contributed by atoms with Crippen LogP contribution in [-0.2, 0) is 4.74 Å². The van der Waals surface area contributed by atoms with E-state index in [1.54, 1.807) is 30.3 Å². The number of likely N-dealkylation sites (N-methyl/N-ethyl adjacent to an activating group) is 1. The Balaban J connectivity index is 2.13. The standard InChI is InChI=1S/C18H21ClN4O3/c1-23(2)9-8-21-17(24)12-6-7-20-16(11-12)22-15-10-13(18(25)26-3)4-5-14(15)19/h4-7,10-11H,8-9H2,1-3H3,(H,20,22)(H,21,24). The molecule has 2 N–H and O–H groups in total. The summed E-state index contributed by atoms with van der Waals surface area (Å²) < 4.78 is 4.70. The predicted octanol–water partition coefficient (Wildman–Crippen LogP) is 2.56. The highest BCUT2D eigenvalue weighted by molar-refractivity contribution is 6.33. The molecule has 0 spiro atoms. The fourth-order valence-electron chi connectivity index (χ4n) is 2.14. The van der Waals surface area contributed by atoms with Gasteiger partial charge in [-0.1, -0.05) is 11.6 Å². The van der Waals surface area contributed by atoms with Crippen molar-refractivity contribution in [2.45, 2.75) is 0 Å². The zero-order chi connectivity index (χ0) is 19.1. The maximum absolute atomic E-state index is 12.2. The second-order valence-electron chi connectivity index (χ2n) is 5.80. The minimum atomic E-state index is -0.466. The summed E-state index contributed by atoms with van der Waals surface area (Å²) in [6.45, 7) is 1.29. The lowest BCUT2D eigenvalue weighted by atomic mass is 10.2. The number of halogens is 1. The van der Waals surface area contributed by atoms with Crippen LogP contribution < -0.4 is 10.6 Å². The van der Waals surface area contributed by atoms with Crippen LogP contribution in [0.4, 0.5) is 11.5 Å². The minimum absolute atomic E-state index is 0.188. The van der Waals surface area contributed by atoms with Crippen molar-refractivity contribution in [1.29, 1.82) is 0 Å². The Morgan fingerprint density at radius 3 is 2.65 bits per heavy atom. The zero-order valence-electron chi connectivity index (χ0n) is 14.9. The van der Waals surface area contributed by atoms with Gasteiger partial charge in [0.2, 0.25) is 0 Å². The molecule has 0 atom stereocenters. The number of pyridine rings is 1. The third-order valence-electron chi connectivity index (χ3n) is 3.52. The number of benzene rings is 1. The first kappa shape index (κ1) is 19.7. The van der Waals surface area contributed by atoms with Crippen molar-refractivity contribution in [2.24, 2.45) is 0 Å². The maximum Gasteiger partial charge on any atom is 0.337 e. The fraction of sp³-hybridized carbons (Fsp3) is 0.278. The molecule has 8 heteroatoms. The molecule has 2 rings (SSSR count). The Bertz CT molecular complexity index is 796. The number of carbonyl (C=O) groups is 2. The number of methoxy groups -OCH3 is 1. The molecule has 26 heavy (non-hydrogen) atoms. The number of hydrogen-bond donors (Lipinski definition) is 2. The molecule has 138 valence electrons. The first-order valence-electron chi connectivity index (χ1n) is 7.94. The number of hydrogen-bond acceptors (Lipinski definition) is 6. The molecule has 0 aliphatic heterocycles. The van der Waals surface area contributed by atoms with Crippen LogP contribution in [0.15, 0.2) is 36.5 Å². The average Bonchev–Trinajstić information content (AvgIpc) is 2.62. The van der Waals surface area contributed by atoms with Gasteiger partial charge >= 0.3 is 5.97 Å². The normalized spacial score (nSPS) is 10.5. The third kappa shape index (κ3) is 5.44. The Morgan fingerprint density at radius 1 is 1.19 bits per heavy atom. The molecule has 7 nitrogen and oxygen atoms in total. The number of aromatic nitrogens is 1. The highest BCUT2D eigenvalue weighted by Crippen LogP contribution is 2.26. The van der Waals surface area contributed by atoms with Crippen molar-refractivity contribution in [2.75, 3.05) is 39.6 Å². The summed E-state index contributed by atoms with van der Waals surface area (Å²) in [6.07, 6.45) is 1.53. The predicted molar refractivity (Wildman–Crippen MR) is 101 cm³/mol. The van der Waals surface area contributed by atoms with Crippen LogP contribution in [-0.4, -0.2) is 56.1 Å². The number of anilines is 2. The molecule has 2 aromatic rings. The smallest absolute Gasteiger partial charge is 0.337 e. The van der Waals surface area contributed by atoms with Crippen LogP contribution in [0.2, 0.25) is 5.02 Å². The summed E-state index contributed by atoms with van der Waals surface area (Å²) in [4.78, 5) is 30.0. The molecular weight excluding hydrogens is 356 g/mol. The number of amides is 1. The molecule has 1 aromatic carbocycles. The van der Waals surface area contributed by atoms with Gasteiger partial charge in [-0.3, -0.25) is 4.79 Å². The second kappa shape index (κ2) is 9.17. The maximum atomic E-state index is 12.2. The van der Waals surface area contributed by atoms with E-state index in [0.29, 0.717) is 34.2 Å². The Morgan fingerprint density at radius 2 is 1.96 bits per heavy atom. The molecule has 1 amide bonds. The van der Waals surface area contributed by atoms with Crippen molar-refractivity contribution in [3.63, 3.8) is 0 Å². The van der Waals surface area contributed by atoms with Gasteiger partial charge in [0.1, 0.15) is 5.82 Å². The van der Waals surface area contributed by atoms with Crippen molar-refractivity contribution < 1.29 is 14.3 Å². The van der Waals surface area contributed by atoms with E-state index in [1.165, 1.54) is 13.3 Å². The minimum Gasteiger partial charge on any atom is -0.465 e. The van der Waals surface area contributed by atoms with Crippen molar-refractivity contribution in [3.8, 4) is 0 Å². The molecule has 0 radical (unpaired) electrons. The Kier molecular flexibility index (Phi) is 6.94. The highest BCUT2D eigenvalue weighted by atomic mass is 35.5. The fourth-order valence-corrected chi connectivity index (χ4v) is 2.30. The Labute approximate surface area is 157 Å². The highest BCUT2D eigenvalue weighted by Gasteiger charge is 2.11. The largest absolute Gasteiger partial charge is 0.465 e. The van der Waals surface area contributed by atoms with Crippen molar-refractivity contribution in [3.05, 3.63) is 52.7 Å². The summed E-state index contributed by atoms with van der Waals surface area (Å²) in [5.74, 6) is -0.215. The monoisotopic (exact) mass is 376 g/mol. The summed E-state index contributed by atoms with van der Waals surface area (Å²) in [7, 11) is 5.18. The quantitative estimate of drug-likeness (QED) is 0.722. The number of carbonyl (C=O) groups excluding carboxylic acids is 2. The van der Waals surface area contributed by atoms with E-state index in [9.17, 15) is 9.59 Å². The summed E-state index contributed by atoms with van der Waals surface area (Å²) in [5, 5.41) is 6.28. The van der Waals surface area contributed by atoms with E-state index in [0.717, 1.165) is 6.54 Å². The molecule has 0 saturated carbocycles. The molecule has 0 saturated heterocycles. The molecule has 0 aliphatic carbocycles. The van der Waals surface area contributed by atoms with E-state index in [4.69, 9.17) is 16.3 Å². The topological polar surface area (TPSA) is 83.6 Å². The van der Waals surface area contributed by atoms with E-state index >= 15 is 0 Å². The van der Waals surface area contributed by atoms with Gasteiger partial charge in [0, 0.05) is 24.8 Å². The van der Waals surface area contributed by atoms with Crippen LogP contribution in [0.3, 0.4) is 0 Å². The Hall–Kier alpha value is -2.64. The van der Waals surface area contributed by atoms with Crippen LogP contribution in [0, 0.1) is 0 Å². The van der Waals surface area contributed by atoms with E-state index in [2.05, 4.69) is 15.6 Å². The third-order valence-corrected chi connectivity index (χ3v) is 3.85. The SMILES string of the molecule is COC(=O)c1ccc(Cl)c(Nc2cc(C(=O)NCCN(C)C)ccn2)c1. The number of ether oxygens (including phenoxy) is 1. The average molecular weight is 377 g/mol. The lowest BCUT2D eigenvalue weighted by Crippen LogP contribution is -2.31. The first-order valence-corrected chi connectivity index (χ1v) is 8.32. The lowest BCUT2D eigenvalue weighted by molar-refractivity contribution is 0.0600. The van der Waals surface area contributed by atoms with Gasteiger partial charge in [0.05, 0.1) is 23.4 Å². The first-order chi connectivity index (χ1) is 12.4. The number of rotatable bonds is 7. The number of nitrogens with zero attached hydrogens (tertiary/aromatic N) is 2. The van der Waals surface area contributed by atoms with E-state index in [1.807, 2.05) is 19.0 Å². The zero-order valence-corrected chi connectivity index (χ0v) is 15.6. The number of esters is 1. The van der Waals surface area contributed by atoms with Crippen LogP contribution in [0.5, 0.6) is 0 Å². The van der Waals surface area contributed by atoms with Crippen molar-refractivity contribution in [1.82, 2.24) is 15.2 Å². The molecule has 0 fully saturated rings. The van der Waals surface area contributed by atoms with Crippen LogP contribution >= 0.6 is 11.6 Å². The van der Waals surface area contributed by atoms with Gasteiger partial charge < -0.3 is 20.3 Å².